The quantitative estimate of drug-likeness (QED) is 0.249. The molecular weight excluding hydrogens is 433 g/mol. The summed E-state index contributed by atoms with van der Waals surface area (Å²) in [7, 11) is 1.70. The number of guanidine groups is 1. The second kappa shape index (κ2) is 13.4. The zero-order valence-electron chi connectivity index (χ0n) is 15.4. The highest BCUT2D eigenvalue weighted by molar-refractivity contribution is 14.0. The average molecular weight is 465 g/mol. The molecule has 0 radical (unpaired) electrons. The van der Waals surface area contributed by atoms with Crippen LogP contribution in [0.3, 0.4) is 0 Å². The lowest BCUT2D eigenvalue weighted by molar-refractivity contribution is 0.0536. The number of likely N-dealkylation sites (tertiary alicyclic amines) is 1. The van der Waals surface area contributed by atoms with Crippen LogP contribution in [0.25, 0.3) is 0 Å². The Morgan fingerprint density at radius 3 is 3.04 bits per heavy atom. The van der Waals surface area contributed by atoms with Gasteiger partial charge in [0.1, 0.15) is 5.76 Å². The molecule has 1 aromatic rings. The van der Waals surface area contributed by atoms with Gasteiger partial charge in [-0.2, -0.15) is 0 Å². The van der Waals surface area contributed by atoms with Gasteiger partial charge in [0.25, 0.3) is 0 Å². The van der Waals surface area contributed by atoms with Crippen LogP contribution in [0.2, 0.25) is 0 Å². The lowest BCUT2D eigenvalue weighted by Crippen LogP contribution is -2.41. The Balaban J connectivity index is 0.00000312. The smallest absolute Gasteiger partial charge is 0.193 e. The summed E-state index contributed by atoms with van der Waals surface area (Å²) < 4.78 is 16.1. The molecule has 2 heterocycles. The lowest BCUT2D eigenvalue weighted by atomic mass is 10.1. The van der Waals surface area contributed by atoms with Crippen LogP contribution >= 0.6 is 24.0 Å². The molecule has 0 aliphatic carbocycles. The fourth-order valence-electron chi connectivity index (χ4n) is 2.79. The van der Waals surface area contributed by atoms with E-state index in [1.807, 2.05) is 12.1 Å². The van der Waals surface area contributed by atoms with Gasteiger partial charge in [-0.3, -0.25) is 4.99 Å². The summed E-state index contributed by atoms with van der Waals surface area (Å²) in [6.07, 6.45) is 4.80. The summed E-state index contributed by atoms with van der Waals surface area (Å²) in [4.78, 5) is 7.08. The number of nitrogens with zero attached hydrogens (tertiary/aromatic N) is 2. The van der Waals surface area contributed by atoms with Crippen molar-refractivity contribution in [2.45, 2.75) is 26.2 Å². The summed E-state index contributed by atoms with van der Waals surface area (Å²) in [5, 5.41) is 3.49. The highest BCUT2D eigenvalue weighted by Crippen LogP contribution is 2.16. The summed E-state index contributed by atoms with van der Waals surface area (Å²) in [5.74, 6) is 2.59. The molecule has 0 aromatic carbocycles. The van der Waals surface area contributed by atoms with E-state index in [-0.39, 0.29) is 24.0 Å². The van der Waals surface area contributed by atoms with E-state index in [9.17, 15) is 0 Å². The molecule has 1 aliphatic heterocycles. The summed E-state index contributed by atoms with van der Waals surface area (Å²) >= 11 is 0. The van der Waals surface area contributed by atoms with Crippen LogP contribution in [-0.4, -0.2) is 64.0 Å². The third-order valence-electron chi connectivity index (χ3n) is 4.09. The Bertz CT molecular complexity index is 468. The number of furan rings is 1. The molecule has 144 valence electrons. The lowest BCUT2D eigenvalue weighted by Gasteiger charge is -2.22. The first-order valence-corrected chi connectivity index (χ1v) is 8.95. The second-order valence-electron chi connectivity index (χ2n) is 6.13. The normalized spacial score (nSPS) is 17.6. The van der Waals surface area contributed by atoms with Crippen LogP contribution in [0.4, 0.5) is 0 Å². The number of rotatable bonds is 10. The maximum atomic E-state index is 5.67. The Morgan fingerprint density at radius 2 is 2.32 bits per heavy atom. The third-order valence-corrected chi connectivity index (χ3v) is 4.09. The monoisotopic (exact) mass is 465 g/mol. The van der Waals surface area contributed by atoms with E-state index in [1.54, 1.807) is 13.4 Å². The van der Waals surface area contributed by atoms with Gasteiger partial charge < -0.3 is 24.1 Å². The molecule has 0 bridgehead atoms. The van der Waals surface area contributed by atoms with Crippen molar-refractivity contribution < 1.29 is 13.9 Å². The molecule has 0 amide bonds. The van der Waals surface area contributed by atoms with Crippen LogP contribution in [0, 0.1) is 5.92 Å². The van der Waals surface area contributed by atoms with Gasteiger partial charge in [0.05, 0.1) is 26.1 Å². The SMILES string of the molecule is CCCN=C(NCCc1ccco1)N1CCC(COCCOC)C1.I. The number of ether oxygens (including phenoxy) is 2. The molecule has 1 saturated heterocycles. The first-order chi connectivity index (χ1) is 11.8. The minimum Gasteiger partial charge on any atom is -0.469 e. The van der Waals surface area contributed by atoms with E-state index >= 15 is 0 Å². The molecule has 2 rings (SSSR count). The maximum Gasteiger partial charge on any atom is 0.193 e. The van der Waals surface area contributed by atoms with E-state index in [0.717, 1.165) is 63.8 Å². The van der Waals surface area contributed by atoms with Crippen molar-refractivity contribution in [3.8, 4) is 0 Å². The zero-order valence-corrected chi connectivity index (χ0v) is 17.7. The molecule has 1 unspecified atom stereocenters. The molecule has 0 spiro atoms. The van der Waals surface area contributed by atoms with Gasteiger partial charge in [0.2, 0.25) is 0 Å². The molecule has 7 heteroatoms. The topological polar surface area (TPSA) is 59.2 Å². The number of nitrogens with one attached hydrogen (secondary N) is 1. The van der Waals surface area contributed by atoms with Gasteiger partial charge in [0.15, 0.2) is 5.96 Å². The molecular formula is C18H32IN3O3. The molecule has 1 atom stereocenters. The number of methoxy groups -OCH3 is 1. The summed E-state index contributed by atoms with van der Waals surface area (Å²) in [6, 6.07) is 3.93. The van der Waals surface area contributed by atoms with Crippen molar-refractivity contribution in [1.29, 1.82) is 0 Å². The standard InChI is InChI=1S/C18H31N3O3.HI/c1-3-8-19-18(20-9-6-17-5-4-11-24-17)21-10-7-16(14-21)15-23-13-12-22-2;/h4-5,11,16H,3,6-10,12-15H2,1-2H3,(H,19,20);1H. The van der Waals surface area contributed by atoms with Crippen molar-refractivity contribution in [2.75, 3.05) is 53.1 Å². The molecule has 6 nitrogen and oxygen atoms in total. The largest absolute Gasteiger partial charge is 0.469 e. The molecule has 25 heavy (non-hydrogen) atoms. The Labute approximate surface area is 168 Å². The van der Waals surface area contributed by atoms with Crippen molar-refractivity contribution in [3.63, 3.8) is 0 Å². The molecule has 1 aromatic heterocycles. The Kier molecular flexibility index (Phi) is 11.9. The first-order valence-electron chi connectivity index (χ1n) is 8.95. The van der Waals surface area contributed by atoms with E-state index < -0.39 is 0 Å². The number of hydrogen-bond donors (Lipinski definition) is 1. The van der Waals surface area contributed by atoms with Gasteiger partial charge in [-0.25, -0.2) is 0 Å². The van der Waals surface area contributed by atoms with Gasteiger partial charge >= 0.3 is 0 Å². The van der Waals surface area contributed by atoms with Crippen molar-refractivity contribution in [2.24, 2.45) is 10.9 Å². The van der Waals surface area contributed by atoms with Crippen molar-refractivity contribution in [1.82, 2.24) is 10.2 Å². The Morgan fingerprint density at radius 1 is 1.44 bits per heavy atom. The summed E-state index contributed by atoms with van der Waals surface area (Å²) in [5.41, 5.74) is 0. The van der Waals surface area contributed by atoms with Crippen LogP contribution in [0.5, 0.6) is 0 Å². The fraction of sp³-hybridized carbons (Fsp3) is 0.722. The highest BCUT2D eigenvalue weighted by Gasteiger charge is 2.25. The predicted molar refractivity (Wildman–Crippen MR) is 111 cm³/mol. The molecule has 1 aliphatic rings. The van der Waals surface area contributed by atoms with E-state index in [0.29, 0.717) is 19.1 Å². The van der Waals surface area contributed by atoms with Gasteiger partial charge in [0, 0.05) is 45.6 Å². The van der Waals surface area contributed by atoms with Crippen LogP contribution in [0.1, 0.15) is 25.5 Å². The van der Waals surface area contributed by atoms with Gasteiger partial charge in [-0.05, 0) is 25.0 Å². The van der Waals surface area contributed by atoms with Gasteiger partial charge in [-0.15, -0.1) is 24.0 Å². The van der Waals surface area contributed by atoms with Crippen LogP contribution in [-0.2, 0) is 15.9 Å². The van der Waals surface area contributed by atoms with Crippen LogP contribution in [0.15, 0.2) is 27.8 Å². The predicted octanol–water partition coefficient (Wildman–Crippen LogP) is 2.78. The zero-order chi connectivity index (χ0) is 17.0. The number of aliphatic imine (C=N–C) groups is 1. The summed E-state index contributed by atoms with van der Waals surface area (Å²) in [6.45, 7) is 8.01. The minimum atomic E-state index is 0. The third kappa shape index (κ3) is 8.42. The highest BCUT2D eigenvalue weighted by atomic mass is 127. The Hall–Kier alpha value is -0.800. The van der Waals surface area contributed by atoms with Crippen molar-refractivity contribution in [3.05, 3.63) is 24.2 Å². The second-order valence-corrected chi connectivity index (χ2v) is 6.13. The molecule has 1 N–H and O–H groups in total. The van der Waals surface area contributed by atoms with E-state index in [1.165, 1.54) is 0 Å². The molecule has 1 fully saturated rings. The number of hydrogen-bond acceptors (Lipinski definition) is 4. The average Bonchev–Trinajstić information content (AvgIpc) is 3.26. The molecule has 0 saturated carbocycles. The fourth-order valence-corrected chi connectivity index (χ4v) is 2.79. The first kappa shape index (κ1) is 22.2. The van der Waals surface area contributed by atoms with Gasteiger partial charge in [-0.1, -0.05) is 6.92 Å². The number of halogens is 1. The minimum absolute atomic E-state index is 0. The van der Waals surface area contributed by atoms with Crippen LogP contribution < -0.4 is 5.32 Å². The maximum absolute atomic E-state index is 5.67. The van der Waals surface area contributed by atoms with E-state index in [2.05, 4.69) is 17.1 Å². The van der Waals surface area contributed by atoms with E-state index in [4.69, 9.17) is 18.9 Å². The van der Waals surface area contributed by atoms with Crippen molar-refractivity contribution >= 4 is 29.9 Å².